The van der Waals surface area contributed by atoms with Crippen LogP contribution in [0.3, 0.4) is 0 Å². The molecule has 0 saturated carbocycles. The quantitative estimate of drug-likeness (QED) is 0.174. The van der Waals surface area contributed by atoms with Gasteiger partial charge >= 0.3 is 6.09 Å². The maximum absolute atomic E-state index is 14.0. The Bertz CT molecular complexity index is 1150. The van der Waals surface area contributed by atoms with E-state index in [1.54, 1.807) is 45.0 Å². The number of nitrogens with zero attached hydrogens (tertiary/aromatic N) is 1. The first kappa shape index (κ1) is 31.8. The number of terminal acetylenes is 1. The molecule has 0 radical (unpaired) electrons. The molecule has 0 heterocycles. The number of unbranched alkanes of at least 4 members (excludes halogenated alkanes) is 3. The van der Waals surface area contributed by atoms with Crippen molar-refractivity contribution in [3.63, 3.8) is 0 Å². The van der Waals surface area contributed by atoms with Crippen molar-refractivity contribution in [1.82, 2.24) is 10.2 Å². The van der Waals surface area contributed by atoms with Crippen LogP contribution < -0.4 is 10.6 Å². The smallest absolute Gasteiger partial charge is 0.408 e. The lowest BCUT2D eigenvalue weighted by Crippen LogP contribution is -2.53. The number of aryl methyl sites for hydroxylation is 1. The fourth-order valence-electron chi connectivity index (χ4n) is 4.06. The Morgan fingerprint density at radius 2 is 1.72 bits per heavy atom. The summed E-state index contributed by atoms with van der Waals surface area (Å²) in [6.45, 7) is 9.57. The van der Waals surface area contributed by atoms with Crippen LogP contribution in [0.1, 0.15) is 76.1 Å². The van der Waals surface area contributed by atoms with Gasteiger partial charge in [0.15, 0.2) is 0 Å². The molecule has 210 valence electrons. The van der Waals surface area contributed by atoms with Gasteiger partial charge < -0.3 is 20.3 Å². The van der Waals surface area contributed by atoms with Crippen molar-refractivity contribution in [3.8, 4) is 12.3 Å². The van der Waals surface area contributed by atoms with Gasteiger partial charge in [-0.15, -0.1) is 6.42 Å². The maximum Gasteiger partial charge on any atom is 0.408 e. The van der Waals surface area contributed by atoms with Crippen LogP contribution >= 0.6 is 12.6 Å². The number of hydrogen-bond donors (Lipinski definition) is 3. The van der Waals surface area contributed by atoms with Gasteiger partial charge in [-0.3, -0.25) is 9.59 Å². The predicted octanol–water partition coefficient (Wildman–Crippen LogP) is 5.89. The molecule has 7 nitrogen and oxygen atoms in total. The molecule has 8 heteroatoms. The summed E-state index contributed by atoms with van der Waals surface area (Å²) in [4.78, 5) is 42.0. The Kier molecular flexibility index (Phi) is 12.4. The molecular formula is C31H41N3O4S. The minimum Gasteiger partial charge on any atom is -0.444 e. The molecular weight excluding hydrogens is 510 g/mol. The highest BCUT2D eigenvalue weighted by molar-refractivity contribution is 7.80. The minimum absolute atomic E-state index is 0.0334. The van der Waals surface area contributed by atoms with Crippen molar-refractivity contribution >= 4 is 36.2 Å². The Balaban J connectivity index is 2.50. The summed E-state index contributed by atoms with van der Waals surface area (Å²) in [5.74, 6) is 1.84. The van der Waals surface area contributed by atoms with Crippen molar-refractivity contribution in [2.45, 2.75) is 78.0 Å². The van der Waals surface area contributed by atoms with Crippen molar-refractivity contribution in [1.29, 1.82) is 0 Å². The number of para-hydroxylation sites is 1. The van der Waals surface area contributed by atoms with Crippen LogP contribution in [0, 0.1) is 19.3 Å². The number of carbonyl (C=O) groups is 3. The van der Waals surface area contributed by atoms with E-state index in [9.17, 15) is 14.4 Å². The fourth-order valence-corrected chi connectivity index (χ4v) is 4.31. The summed E-state index contributed by atoms with van der Waals surface area (Å²) >= 11 is 4.35. The molecule has 0 aliphatic rings. The molecule has 39 heavy (non-hydrogen) atoms. The Labute approximate surface area is 238 Å². The Morgan fingerprint density at radius 3 is 2.28 bits per heavy atom. The molecule has 2 aromatic rings. The van der Waals surface area contributed by atoms with Gasteiger partial charge in [-0.2, -0.15) is 12.6 Å². The van der Waals surface area contributed by atoms with Crippen molar-refractivity contribution in [2.24, 2.45) is 0 Å². The normalized spacial score (nSPS) is 12.5. The topological polar surface area (TPSA) is 87.7 Å². The van der Waals surface area contributed by atoms with Gasteiger partial charge in [0, 0.05) is 23.5 Å². The molecule has 2 N–H and O–H groups in total. The first-order chi connectivity index (χ1) is 18.5. The SMILES string of the molecule is C#Cc1ccc(C(C(=O)Nc2ccccc2C)N(CCCCCC)C(=O)C(CS)NC(=O)OC(C)(C)C)cc1. The third kappa shape index (κ3) is 9.99. The highest BCUT2D eigenvalue weighted by Gasteiger charge is 2.36. The number of anilines is 1. The zero-order valence-electron chi connectivity index (χ0n) is 23.6. The number of hydrogen-bond acceptors (Lipinski definition) is 5. The van der Waals surface area contributed by atoms with E-state index in [-0.39, 0.29) is 11.7 Å². The maximum atomic E-state index is 14.0. The molecule has 0 bridgehead atoms. The van der Waals surface area contributed by atoms with Gasteiger partial charge in [-0.05, 0) is 63.4 Å². The number of nitrogens with one attached hydrogen (secondary N) is 2. The first-order valence-corrected chi connectivity index (χ1v) is 14.0. The number of rotatable bonds is 12. The Hall–Kier alpha value is -3.44. The van der Waals surface area contributed by atoms with Crippen LogP contribution in [0.5, 0.6) is 0 Å². The standard InChI is InChI=1S/C31H41N3O4S/c1-7-9-10-13-20-34(29(36)26(21-39)33-30(37)38-31(4,5)6)27(24-18-16-23(8-2)17-19-24)28(35)32-25-15-12-11-14-22(25)3/h2,11-12,14-19,26-27,39H,7,9-10,13,20-21H2,1,3-6H3,(H,32,35)(H,33,37). The predicted molar refractivity (Wildman–Crippen MR) is 160 cm³/mol. The average molecular weight is 552 g/mol. The molecule has 2 unspecified atom stereocenters. The van der Waals surface area contributed by atoms with E-state index in [0.717, 1.165) is 24.8 Å². The van der Waals surface area contributed by atoms with E-state index in [2.05, 4.69) is 36.1 Å². The van der Waals surface area contributed by atoms with E-state index < -0.39 is 29.7 Å². The molecule has 2 rings (SSSR count). The third-order valence-corrected chi connectivity index (χ3v) is 6.43. The zero-order valence-corrected chi connectivity index (χ0v) is 24.5. The molecule has 2 aromatic carbocycles. The molecule has 2 atom stereocenters. The van der Waals surface area contributed by atoms with Crippen LogP contribution in [-0.2, 0) is 14.3 Å². The summed E-state index contributed by atoms with van der Waals surface area (Å²) in [6, 6.07) is 12.5. The largest absolute Gasteiger partial charge is 0.444 e. The monoisotopic (exact) mass is 551 g/mol. The second-order valence-electron chi connectivity index (χ2n) is 10.4. The lowest BCUT2D eigenvalue weighted by atomic mass is 10.0. The number of ether oxygens (including phenoxy) is 1. The third-order valence-electron chi connectivity index (χ3n) is 6.06. The Morgan fingerprint density at radius 1 is 1.05 bits per heavy atom. The lowest BCUT2D eigenvalue weighted by Gasteiger charge is -2.34. The highest BCUT2D eigenvalue weighted by Crippen LogP contribution is 2.26. The second kappa shape index (κ2) is 15.2. The molecule has 0 saturated heterocycles. The lowest BCUT2D eigenvalue weighted by molar-refractivity contribution is -0.140. The second-order valence-corrected chi connectivity index (χ2v) is 10.8. The summed E-state index contributed by atoms with van der Waals surface area (Å²) in [5, 5.41) is 5.64. The average Bonchev–Trinajstić information content (AvgIpc) is 2.89. The van der Waals surface area contributed by atoms with Gasteiger partial charge in [0.25, 0.3) is 5.91 Å². The van der Waals surface area contributed by atoms with E-state index in [1.165, 1.54) is 4.90 Å². The zero-order chi connectivity index (χ0) is 29.0. The van der Waals surface area contributed by atoms with Gasteiger partial charge in [0.2, 0.25) is 5.91 Å². The summed E-state index contributed by atoms with van der Waals surface area (Å²) in [6.07, 6.45) is 8.45. The van der Waals surface area contributed by atoms with E-state index >= 15 is 0 Å². The van der Waals surface area contributed by atoms with Crippen molar-refractivity contribution < 1.29 is 19.1 Å². The minimum atomic E-state index is -0.992. The van der Waals surface area contributed by atoms with E-state index in [4.69, 9.17) is 11.2 Å². The van der Waals surface area contributed by atoms with Gasteiger partial charge in [-0.25, -0.2) is 4.79 Å². The van der Waals surface area contributed by atoms with Crippen LogP contribution in [-0.4, -0.2) is 46.7 Å². The van der Waals surface area contributed by atoms with Gasteiger partial charge in [0.1, 0.15) is 17.7 Å². The number of carbonyl (C=O) groups excluding carboxylic acids is 3. The van der Waals surface area contributed by atoms with Crippen LogP contribution in [0.15, 0.2) is 48.5 Å². The first-order valence-electron chi connectivity index (χ1n) is 13.3. The van der Waals surface area contributed by atoms with Crippen LogP contribution in [0.4, 0.5) is 10.5 Å². The molecule has 0 spiro atoms. The van der Waals surface area contributed by atoms with E-state index in [0.29, 0.717) is 29.8 Å². The van der Waals surface area contributed by atoms with Gasteiger partial charge in [-0.1, -0.05) is 62.4 Å². The molecule has 0 aliphatic carbocycles. The fraction of sp³-hybridized carbons (Fsp3) is 0.452. The highest BCUT2D eigenvalue weighted by atomic mass is 32.1. The molecule has 0 aromatic heterocycles. The molecule has 3 amide bonds. The summed E-state index contributed by atoms with van der Waals surface area (Å²) in [7, 11) is 0. The molecule has 0 fully saturated rings. The van der Waals surface area contributed by atoms with E-state index in [1.807, 2.05) is 31.2 Å². The number of thiol groups is 1. The summed E-state index contributed by atoms with van der Waals surface area (Å²) < 4.78 is 5.37. The molecule has 0 aliphatic heterocycles. The number of alkyl carbamates (subject to hydrolysis) is 1. The van der Waals surface area contributed by atoms with Gasteiger partial charge in [0.05, 0.1) is 0 Å². The van der Waals surface area contributed by atoms with Crippen molar-refractivity contribution in [2.75, 3.05) is 17.6 Å². The van der Waals surface area contributed by atoms with Crippen LogP contribution in [0.25, 0.3) is 0 Å². The number of amides is 3. The number of benzene rings is 2. The van der Waals surface area contributed by atoms with Crippen LogP contribution in [0.2, 0.25) is 0 Å². The van der Waals surface area contributed by atoms with Crippen molar-refractivity contribution in [3.05, 3.63) is 65.2 Å². The summed E-state index contributed by atoms with van der Waals surface area (Å²) in [5.41, 5.74) is 2.09.